The minimum atomic E-state index is -0.0691. The number of nitrogens with one attached hydrogen (secondary N) is 2. The summed E-state index contributed by atoms with van der Waals surface area (Å²) in [5.74, 6) is 1.05. The Labute approximate surface area is 216 Å². The lowest BCUT2D eigenvalue weighted by Gasteiger charge is -2.23. The molecule has 1 saturated heterocycles. The van der Waals surface area contributed by atoms with E-state index >= 15 is 0 Å². The van der Waals surface area contributed by atoms with Crippen molar-refractivity contribution in [2.45, 2.75) is 52.0 Å². The van der Waals surface area contributed by atoms with Crippen molar-refractivity contribution >= 4 is 34.1 Å². The highest BCUT2D eigenvalue weighted by molar-refractivity contribution is 6.10. The van der Waals surface area contributed by atoms with Crippen LogP contribution < -0.4 is 16.2 Å². The minimum Gasteiger partial charge on any atom is -0.324 e. The molecule has 0 spiro atoms. The third kappa shape index (κ3) is 4.55. The number of pyridine rings is 1. The lowest BCUT2D eigenvalue weighted by atomic mass is 9.92. The number of hydrogen-bond acceptors (Lipinski definition) is 6. The van der Waals surface area contributed by atoms with Crippen molar-refractivity contribution in [3.8, 4) is 0 Å². The molecule has 2 aromatic heterocycles. The number of allylic oxidation sites excluding steroid dienone is 5. The molecule has 0 radical (unpaired) electrons. The molecule has 2 aliphatic heterocycles. The minimum absolute atomic E-state index is 0.0691. The Bertz CT molecular complexity index is 1530. The van der Waals surface area contributed by atoms with Crippen molar-refractivity contribution in [3.63, 3.8) is 0 Å². The number of aryl methyl sites for hydroxylation is 1. The molecule has 1 fully saturated rings. The number of piperidine rings is 1. The van der Waals surface area contributed by atoms with Crippen molar-refractivity contribution in [1.29, 1.82) is 0 Å². The highest BCUT2D eigenvalue weighted by atomic mass is 16.1. The Morgan fingerprint density at radius 3 is 2.81 bits per heavy atom. The van der Waals surface area contributed by atoms with Crippen molar-refractivity contribution in [3.05, 3.63) is 87.4 Å². The van der Waals surface area contributed by atoms with Crippen LogP contribution in [0, 0.1) is 0 Å². The number of aliphatic imine (C=N–C) groups is 1. The Kier molecular flexibility index (Phi) is 6.30. The van der Waals surface area contributed by atoms with Crippen LogP contribution in [-0.4, -0.2) is 33.3 Å². The van der Waals surface area contributed by atoms with Gasteiger partial charge < -0.3 is 10.6 Å². The molecule has 1 atom stereocenters. The molecule has 1 aromatic carbocycles. The molecular formula is C30H32N6O. The van der Waals surface area contributed by atoms with Gasteiger partial charge in [0.05, 0.1) is 17.0 Å². The first-order valence-electron chi connectivity index (χ1n) is 13.2. The van der Waals surface area contributed by atoms with Crippen LogP contribution in [0.3, 0.4) is 0 Å². The van der Waals surface area contributed by atoms with E-state index in [4.69, 9.17) is 9.98 Å². The predicted molar refractivity (Wildman–Crippen MR) is 151 cm³/mol. The van der Waals surface area contributed by atoms with Gasteiger partial charge in [-0.1, -0.05) is 30.4 Å². The maximum Gasteiger partial charge on any atom is 0.261 e. The SMILES string of the molecule is CCn1c(=O)c(C2=C(C)CC(C3=CCC=C3)=N2)cc2cnc(Nc3ccc(C4CCCNC4)cc3)nc21. The summed E-state index contributed by atoms with van der Waals surface area (Å²) < 4.78 is 1.72. The number of aromatic nitrogens is 3. The largest absolute Gasteiger partial charge is 0.324 e. The zero-order valence-electron chi connectivity index (χ0n) is 21.4. The molecule has 0 amide bonds. The highest BCUT2D eigenvalue weighted by Crippen LogP contribution is 2.32. The maximum absolute atomic E-state index is 13.6. The smallest absolute Gasteiger partial charge is 0.261 e. The van der Waals surface area contributed by atoms with Crippen LogP contribution in [0.4, 0.5) is 11.6 Å². The number of benzene rings is 1. The van der Waals surface area contributed by atoms with Gasteiger partial charge in [0.2, 0.25) is 5.95 Å². The van der Waals surface area contributed by atoms with Gasteiger partial charge >= 0.3 is 0 Å². The molecule has 7 nitrogen and oxygen atoms in total. The van der Waals surface area contributed by atoms with E-state index in [2.05, 4.69) is 65.0 Å². The molecular weight excluding hydrogens is 460 g/mol. The van der Waals surface area contributed by atoms with E-state index in [-0.39, 0.29) is 5.56 Å². The summed E-state index contributed by atoms with van der Waals surface area (Å²) in [6.45, 7) is 6.69. The fourth-order valence-corrected chi connectivity index (χ4v) is 5.52. The maximum atomic E-state index is 13.6. The first kappa shape index (κ1) is 23.6. The average Bonchev–Trinajstić information content (AvgIpc) is 3.60. The second-order valence-electron chi connectivity index (χ2n) is 10.0. The predicted octanol–water partition coefficient (Wildman–Crippen LogP) is 5.48. The topological polar surface area (TPSA) is 84.2 Å². The normalized spacial score (nSPS) is 19.5. The molecule has 0 saturated carbocycles. The van der Waals surface area contributed by atoms with Crippen LogP contribution >= 0.6 is 0 Å². The van der Waals surface area contributed by atoms with Gasteiger partial charge in [0.15, 0.2) is 0 Å². The first-order valence-corrected chi connectivity index (χ1v) is 13.2. The standard InChI is InChI=1S/C30H32N6O/c1-3-36-28-23(16-25(29(36)37)27-19(2)15-26(34-27)21-7-4-5-8-21)18-32-30(35-28)33-24-12-10-20(11-13-24)22-9-6-14-31-17-22/h4,7-8,10-13,16,18,22,31H,3,5-6,9,14-15,17H2,1-2H3,(H,32,33,35). The van der Waals surface area contributed by atoms with E-state index in [9.17, 15) is 4.79 Å². The number of rotatable bonds is 6. The summed E-state index contributed by atoms with van der Waals surface area (Å²) in [5.41, 5.74) is 7.54. The van der Waals surface area contributed by atoms with E-state index in [0.717, 1.165) is 59.6 Å². The van der Waals surface area contributed by atoms with Gasteiger partial charge in [-0.25, -0.2) is 4.98 Å². The summed E-state index contributed by atoms with van der Waals surface area (Å²) in [5, 5.41) is 7.62. The average molecular weight is 493 g/mol. The van der Waals surface area contributed by atoms with Gasteiger partial charge in [0, 0.05) is 36.8 Å². The molecule has 6 rings (SSSR count). The first-order chi connectivity index (χ1) is 18.1. The van der Waals surface area contributed by atoms with Crippen LogP contribution in [0.25, 0.3) is 16.7 Å². The molecule has 3 aliphatic rings. The molecule has 188 valence electrons. The quantitative estimate of drug-likeness (QED) is 0.476. The van der Waals surface area contributed by atoms with Gasteiger partial charge in [-0.3, -0.25) is 14.4 Å². The molecule has 1 unspecified atom stereocenters. The number of nitrogens with zero attached hydrogens (tertiary/aromatic N) is 4. The number of hydrogen-bond donors (Lipinski definition) is 2. The second-order valence-corrected chi connectivity index (χ2v) is 10.0. The van der Waals surface area contributed by atoms with Crippen molar-refractivity contribution < 1.29 is 0 Å². The van der Waals surface area contributed by atoms with E-state index in [1.165, 1.54) is 18.4 Å². The molecule has 7 heteroatoms. The second kappa shape index (κ2) is 9.90. The molecule has 0 bridgehead atoms. The van der Waals surface area contributed by atoms with Gasteiger partial charge in [-0.15, -0.1) is 0 Å². The molecule has 4 heterocycles. The lowest BCUT2D eigenvalue weighted by molar-refractivity contribution is 0.461. The summed E-state index contributed by atoms with van der Waals surface area (Å²) in [6.07, 6.45) is 12.4. The third-order valence-corrected chi connectivity index (χ3v) is 7.52. The number of fused-ring (bicyclic) bond motifs is 1. The fourth-order valence-electron chi connectivity index (χ4n) is 5.52. The van der Waals surface area contributed by atoms with Crippen molar-refractivity contribution in [1.82, 2.24) is 19.9 Å². The summed E-state index contributed by atoms with van der Waals surface area (Å²) in [7, 11) is 0. The lowest BCUT2D eigenvalue weighted by Crippen LogP contribution is -2.28. The van der Waals surface area contributed by atoms with Crippen LogP contribution in [-0.2, 0) is 6.54 Å². The Balaban J connectivity index is 1.30. The Morgan fingerprint density at radius 1 is 1.22 bits per heavy atom. The van der Waals surface area contributed by atoms with Gasteiger partial charge in [-0.05, 0) is 80.5 Å². The van der Waals surface area contributed by atoms with Gasteiger partial charge in [0.25, 0.3) is 5.56 Å². The zero-order chi connectivity index (χ0) is 25.4. The third-order valence-electron chi connectivity index (χ3n) is 7.52. The fraction of sp³-hybridized carbons (Fsp3) is 0.333. The van der Waals surface area contributed by atoms with Crippen molar-refractivity contribution in [2.75, 3.05) is 18.4 Å². The number of anilines is 2. The van der Waals surface area contributed by atoms with Crippen molar-refractivity contribution in [2.24, 2.45) is 4.99 Å². The van der Waals surface area contributed by atoms with E-state index in [1.54, 1.807) is 10.8 Å². The van der Waals surface area contributed by atoms with Crippen LogP contribution in [0.15, 0.2) is 75.7 Å². The summed E-state index contributed by atoms with van der Waals surface area (Å²) in [4.78, 5) is 27.8. The summed E-state index contributed by atoms with van der Waals surface area (Å²) >= 11 is 0. The van der Waals surface area contributed by atoms with Crippen LogP contribution in [0.2, 0.25) is 0 Å². The zero-order valence-corrected chi connectivity index (χ0v) is 21.4. The molecule has 1 aliphatic carbocycles. The Hall–Kier alpha value is -3.84. The van der Waals surface area contributed by atoms with Crippen LogP contribution in [0.1, 0.15) is 56.6 Å². The Morgan fingerprint density at radius 2 is 2.08 bits per heavy atom. The summed E-state index contributed by atoms with van der Waals surface area (Å²) in [6, 6.07) is 10.4. The van der Waals surface area contributed by atoms with E-state index in [1.807, 2.05) is 13.0 Å². The van der Waals surface area contributed by atoms with Crippen LogP contribution in [0.5, 0.6) is 0 Å². The molecule has 37 heavy (non-hydrogen) atoms. The monoisotopic (exact) mass is 492 g/mol. The van der Waals surface area contributed by atoms with E-state index < -0.39 is 0 Å². The molecule has 2 N–H and O–H groups in total. The highest BCUT2D eigenvalue weighted by Gasteiger charge is 2.23. The van der Waals surface area contributed by atoms with E-state index in [0.29, 0.717) is 29.6 Å². The van der Waals surface area contributed by atoms with Gasteiger partial charge in [0.1, 0.15) is 5.65 Å². The van der Waals surface area contributed by atoms with Gasteiger partial charge in [-0.2, -0.15) is 4.98 Å². The molecule has 3 aromatic rings.